The summed E-state index contributed by atoms with van der Waals surface area (Å²) in [5.74, 6) is -2.62. The number of hydrogen-bond donors (Lipinski definition) is 1. The highest BCUT2D eigenvalue weighted by atomic mass is 19.1. The van der Waals surface area contributed by atoms with E-state index in [0.717, 1.165) is 54.9 Å². The first-order valence-electron chi connectivity index (χ1n) is 19.7. The van der Waals surface area contributed by atoms with Crippen LogP contribution in [0.15, 0.2) is 115 Å². The first-order chi connectivity index (χ1) is 28.5. The largest absolute Gasteiger partial charge is 0.491 e. The van der Waals surface area contributed by atoms with Crippen molar-refractivity contribution in [1.29, 1.82) is 0 Å². The van der Waals surface area contributed by atoms with Crippen LogP contribution in [-0.2, 0) is 21.8 Å². The molecule has 0 amide bonds. The van der Waals surface area contributed by atoms with Crippen molar-refractivity contribution < 1.29 is 27.4 Å². The number of piperazine rings is 1. The Labute approximate surface area is 339 Å². The molecule has 2 fully saturated rings. The minimum absolute atomic E-state index is 0.0211. The lowest BCUT2D eigenvalue weighted by Crippen LogP contribution is -2.46. The Balaban J connectivity index is 0.823. The van der Waals surface area contributed by atoms with Crippen molar-refractivity contribution in [3.8, 4) is 11.4 Å². The molecule has 4 aromatic carbocycles. The highest BCUT2D eigenvalue weighted by Gasteiger charge is 2.46. The number of hydrogen-bond acceptors (Lipinski definition) is 10. The zero-order valence-electron chi connectivity index (χ0n) is 33.0. The summed E-state index contributed by atoms with van der Waals surface area (Å²) in [6, 6.07) is 25.2. The molecule has 0 aliphatic carbocycles. The van der Waals surface area contributed by atoms with Crippen LogP contribution in [0.2, 0.25) is 0 Å². The number of nitrogens with zero attached hydrogens (tertiary/aromatic N) is 8. The predicted molar refractivity (Wildman–Crippen MR) is 215 cm³/mol. The van der Waals surface area contributed by atoms with Gasteiger partial charge in [-0.25, -0.2) is 36.9 Å². The van der Waals surface area contributed by atoms with Crippen LogP contribution >= 0.6 is 0 Å². The summed E-state index contributed by atoms with van der Waals surface area (Å²) in [5, 5.41) is 12.1. The van der Waals surface area contributed by atoms with E-state index in [1.807, 2.05) is 69.3 Å². The summed E-state index contributed by atoms with van der Waals surface area (Å²) in [7, 11) is 0. The average Bonchev–Trinajstić information content (AvgIpc) is 4.01. The van der Waals surface area contributed by atoms with E-state index >= 15 is 0 Å². The smallest absolute Gasteiger partial charge is 0.350 e. The minimum Gasteiger partial charge on any atom is -0.491 e. The van der Waals surface area contributed by atoms with Gasteiger partial charge in [0.2, 0.25) is 5.79 Å². The van der Waals surface area contributed by atoms with Gasteiger partial charge in [-0.05, 0) is 99.1 Å². The van der Waals surface area contributed by atoms with Crippen molar-refractivity contribution >= 4 is 11.4 Å². The average molecular weight is 810 g/mol. The van der Waals surface area contributed by atoms with Crippen LogP contribution in [-0.4, -0.2) is 80.7 Å². The van der Waals surface area contributed by atoms with Gasteiger partial charge in [-0.15, -0.1) is 0 Å². The molecule has 0 saturated carbocycles. The Morgan fingerprint density at radius 2 is 1.46 bits per heavy atom. The van der Waals surface area contributed by atoms with E-state index in [9.17, 15) is 18.0 Å². The van der Waals surface area contributed by atoms with Crippen LogP contribution in [0.25, 0.3) is 5.69 Å². The highest BCUT2D eigenvalue weighted by Crippen LogP contribution is 2.38. The molecular weight excluding hydrogens is 764 g/mol. The lowest BCUT2D eigenvalue weighted by atomic mass is 10.0. The Hall–Kier alpha value is -5.97. The molecule has 2 aromatic heterocycles. The molecule has 1 N–H and O–H groups in total. The van der Waals surface area contributed by atoms with E-state index in [-0.39, 0.29) is 55.0 Å². The van der Waals surface area contributed by atoms with Crippen molar-refractivity contribution in [2.24, 2.45) is 0 Å². The molecule has 2 aliphatic heterocycles. The third-order valence-electron chi connectivity index (χ3n) is 11.1. The van der Waals surface area contributed by atoms with Gasteiger partial charge in [0.15, 0.2) is 0 Å². The Morgan fingerprint density at radius 3 is 2.10 bits per heavy atom. The van der Waals surface area contributed by atoms with E-state index < -0.39 is 23.5 Å². The van der Waals surface area contributed by atoms with E-state index in [1.165, 1.54) is 46.3 Å². The third-order valence-corrected chi connectivity index (χ3v) is 11.1. The number of halogens is 3. The molecule has 0 radical (unpaired) electrons. The second-order valence-corrected chi connectivity index (χ2v) is 15.0. The fourth-order valence-corrected chi connectivity index (χ4v) is 7.64. The van der Waals surface area contributed by atoms with Crippen LogP contribution in [0.1, 0.15) is 44.0 Å². The molecule has 16 heteroatoms. The molecule has 0 bridgehead atoms. The zero-order chi connectivity index (χ0) is 41.1. The highest BCUT2D eigenvalue weighted by molar-refractivity contribution is 5.54. The van der Waals surface area contributed by atoms with Crippen molar-refractivity contribution in [3.05, 3.63) is 149 Å². The van der Waals surface area contributed by atoms with Crippen molar-refractivity contribution in [1.82, 2.24) is 34.4 Å². The molecule has 13 nitrogen and oxygen atoms in total. The first-order valence-corrected chi connectivity index (χ1v) is 19.7. The molecule has 2 saturated heterocycles. The van der Waals surface area contributed by atoms with E-state index in [4.69, 9.17) is 14.2 Å². The maximum Gasteiger partial charge on any atom is 0.350 e. The maximum absolute atomic E-state index is 14.9. The lowest BCUT2D eigenvalue weighted by Gasteiger charge is -2.37. The number of nitrogens with one attached hydrogen (secondary N) is 1. The molecular formula is C43H46F3N9O4. The molecule has 2 aliphatic rings. The second-order valence-electron chi connectivity index (χ2n) is 15.0. The Morgan fingerprint density at radius 1 is 0.814 bits per heavy atom. The standard InChI is InChI=1S/C43H46F3N9O4/c1-29(50-30(2)32-4-6-33(44)7-5-32)31(3)55-42(56)54(28-49-55)37-11-9-35(10-12-37)51-18-20-52(21-19-51)36-13-15-38(16-14-36)57-23-39-24-58-43(59-39,25-53-27-47-26-48-53)40-17-8-34(45)22-41(40)46/h4-17,22,26-31,39,50H,18-21,23-25H2,1-3H3. The normalized spacial score (nSPS) is 19.8. The van der Waals surface area contributed by atoms with Crippen LogP contribution in [0, 0.1) is 17.5 Å². The van der Waals surface area contributed by atoms with Crippen LogP contribution in [0.3, 0.4) is 0 Å². The summed E-state index contributed by atoms with van der Waals surface area (Å²) in [6.07, 6.45) is 3.87. The summed E-state index contributed by atoms with van der Waals surface area (Å²) in [5.41, 5.74) is 3.69. The Bertz CT molecular complexity index is 2370. The van der Waals surface area contributed by atoms with E-state index in [2.05, 4.69) is 30.3 Å². The van der Waals surface area contributed by atoms with E-state index in [0.29, 0.717) is 5.75 Å². The lowest BCUT2D eigenvalue weighted by molar-refractivity contribution is -0.192. The summed E-state index contributed by atoms with van der Waals surface area (Å²) in [4.78, 5) is 22.1. The number of rotatable bonds is 14. The molecule has 6 aromatic rings. The number of ether oxygens (including phenoxy) is 3. The molecule has 5 atom stereocenters. The molecule has 8 rings (SSSR count). The monoisotopic (exact) mass is 809 g/mol. The summed E-state index contributed by atoms with van der Waals surface area (Å²) < 4.78 is 64.9. The van der Waals surface area contributed by atoms with E-state index in [1.54, 1.807) is 23.0 Å². The van der Waals surface area contributed by atoms with Crippen molar-refractivity contribution in [2.45, 2.75) is 57.3 Å². The van der Waals surface area contributed by atoms with Gasteiger partial charge in [0.1, 0.15) is 61.4 Å². The van der Waals surface area contributed by atoms with Crippen molar-refractivity contribution in [3.63, 3.8) is 0 Å². The Kier molecular flexibility index (Phi) is 11.5. The van der Waals surface area contributed by atoms with Gasteiger partial charge in [-0.3, -0.25) is 0 Å². The number of anilines is 2. The fraction of sp³-hybridized carbons (Fsp3) is 0.349. The predicted octanol–water partition coefficient (Wildman–Crippen LogP) is 6.02. The maximum atomic E-state index is 14.9. The third kappa shape index (κ3) is 8.75. The second kappa shape index (κ2) is 17.1. The molecule has 308 valence electrons. The first kappa shape index (κ1) is 39.8. The van der Waals surface area contributed by atoms with Gasteiger partial charge in [-0.1, -0.05) is 12.1 Å². The fourth-order valence-electron chi connectivity index (χ4n) is 7.64. The quantitative estimate of drug-likeness (QED) is 0.140. The van der Waals surface area contributed by atoms with Gasteiger partial charge in [0, 0.05) is 61.3 Å². The SMILES string of the molecule is CC(NC(C)C(C)n1ncn(-c2ccc(N3CCN(c4ccc(OCC5COC(Cn6cncn6)(c6ccc(F)cc6F)O5)cc4)CC3)cc2)c1=O)c1ccc(F)cc1. The molecule has 59 heavy (non-hydrogen) atoms. The minimum atomic E-state index is -1.53. The van der Waals surface area contributed by atoms with Gasteiger partial charge in [0.25, 0.3) is 0 Å². The van der Waals surface area contributed by atoms with Crippen LogP contribution < -0.4 is 25.5 Å². The van der Waals surface area contributed by atoms with Gasteiger partial charge < -0.3 is 29.3 Å². The zero-order valence-corrected chi connectivity index (χ0v) is 33.0. The molecule has 0 spiro atoms. The van der Waals surface area contributed by atoms with Gasteiger partial charge in [-0.2, -0.15) is 10.2 Å². The van der Waals surface area contributed by atoms with Crippen molar-refractivity contribution in [2.75, 3.05) is 49.2 Å². The molecule has 5 unspecified atom stereocenters. The summed E-state index contributed by atoms with van der Waals surface area (Å²) in [6.45, 7) is 9.56. The number of benzene rings is 4. The van der Waals surface area contributed by atoms with Gasteiger partial charge >= 0.3 is 5.69 Å². The topological polar surface area (TPSA) is 117 Å². The van der Waals surface area contributed by atoms with Crippen LogP contribution in [0.5, 0.6) is 5.75 Å². The van der Waals surface area contributed by atoms with Crippen LogP contribution in [0.4, 0.5) is 24.5 Å². The van der Waals surface area contributed by atoms with Gasteiger partial charge in [0.05, 0.1) is 18.3 Å². The molecule has 4 heterocycles. The summed E-state index contributed by atoms with van der Waals surface area (Å²) >= 11 is 0. The number of aromatic nitrogens is 6.